The molecular weight excluding hydrogens is 757 g/mol. The molecule has 3 heterocycles. The molecule has 0 saturated carbocycles. The van der Waals surface area contributed by atoms with Crippen molar-refractivity contribution in [2.45, 2.75) is 0 Å². The highest BCUT2D eigenvalue weighted by atomic mass is 16.3. The predicted octanol–water partition coefficient (Wildman–Crippen LogP) is 15.0. The van der Waals surface area contributed by atoms with Gasteiger partial charge in [0, 0.05) is 38.2 Å². The van der Waals surface area contributed by atoms with Gasteiger partial charge in [-0.05, 0) is 92.0 Å². The van der Waals surface area contributed by atoms with E-state index in [1.807, 2.05) is 18.2 Å². The van der Waals surface area contributed by atoms with E-state index in [2.05, 4.69) is 193 Å². The van der Waals surface area contributed by atoms with Crippen LogP contribution >= 0.6 is 0 Å². The summed E-state index contributed by atoms with van der Waals surface area (Å²) in [6.07, 6.45) is 0. The number of furan rings is 1. The van der Waals surface area contributed by atoms with E-state index < -0.39 is 0 Å². The van der Waals surface area contributed by atoms with Crippen molar-refractivity contribution in [1.29, 1.82) is 0 Å². The molecule has 0 unspecified atom stereocenters. The van der Waals surface area contributed by atoms with Gasteiger partial charge >= 0.3 is 0 Å². The maximum absolute atomic E-state index is 6.84. The van der Waals surface area contributed by atoms with Crippen LogP contribution in [0.5, 0.6) is 0 Å². The van der Waals surface area contributed by atoms with Crippen molar-refractivity contribution >= 4 is 76.1 Å². The third-order valence-corrected chi connectivity index (χ3v) is 12.4. The maximum Gasteiger partial charge on any atom is 0.164 e. The topological polar surface area (TPSA) is 56.7 Å². The zero-order chi connectivity index (χ0) is 40.7. The molecule has 0 aliphatic rings. The van der Waals surface area contributed by atoms with E-state index in [0.717, 1.165) is 82.6 Å². The smallest absolute Gasteiger partial charge is 0.164 e. The van der Waals surface area contributed by atoms with Crippen LogP contribution in [-0.4, -0.2) is 19.5 Å². The Balaban J connectivity index is 1.13. The molecule has 0 fully saturated rings. The minimum absolute atomic E-state index is 0.576. The van der Waals surface area contributed by atoms with Gasteiger partial charge in [-0.25, -0.2) is 15.0 Å². The normalized spacial score (nSPS) is 11.9. The number of benzene rings is 10. The summed E-state index contributed by atoms with van der Waals surface area (Å²) >= 11 is 0. The largest absolute Gasteiger partial charge is 0.454 e. The highest BCUT2D eigenvalue weighted by Crippen LogP contribution is 2.42. The van der Waals surface area contributed by atoms with E-state index in [1.165, 1.54) is 26.9 Å². The van der Waals surface area contributed by atoms with E-state index in [0.29, 0.717) is 17.5 Å². The molecule has 0 radical (unpaired) electrons. The van der Waals surface area contributed by atoms with Crippen LogP contribution in [0.1, 0.15) is 0 Å². The fourth-order valence-corrected chi connectivity index (χ4v) is 9.48. The van der Waals surface area contributed by atoms with Crippen molar-refractivity contribution in [2.24, 2.45) is 0 Å². The van der Waals surface area contributed by atoms with Crippen LogP contribution in [0.2, 0.25) is 0 Å². The summed E-state index contributed by atoms with van der Waals surface area (Å²) in [5.74, 6) is 1.79. The Labute approximate surface area is 355 Å². The number of hydrogen-bond acceptors (Lipinski definition) is 4. The predicted molar refractivity (Wildman–Crippen MR) is 256 cm³/mol. The van der Waals surface area contributed by atoms with Crippen molar-refractivity contribution < 1.29 is 4.42 Å². The van der Waals surface area contributed by atoms with E-state index in [-0.39, 0.29) is 0 Å². The molecule has 0 bridgehead atoms. The van der Waals surface area contributed by atoms with Crippen molar-refractivity contribution in [3.63, 3.8) is 0 Å². The van der Waals surface area contributed by atoms with Crippen LogP contribution in [0, 0.1) is 0 Å². The highest BCUT2D eigenvalue weighted by molar-refractivity contribution is 6.16. The zero-order valence-corrected chi connectivity index (χ0v) is 33.3. The zero-order valence-electron chi connectivity index (χ0n) is 33.3. The Morgan fingerprint density at radius 1 is 0.323 bits per heavy atom. The molecule has 0 atom stereocenters. The number of aromatic nitrogens is 4. The molecule has 13 rings (SSSR count). The van der Waals surface area contributed by atoms with Gasteiger partial charge in [0.05, 0.1) is 16.7 Å². The number of nitrogens with zero attached hydrogens (tertiary/aromatic N) is 4. The van der Waals surface area contributed by atoms with Crippen LogP contribution in [-0.2, 0) is 0 Å². The highest BCUT2D eigenvalue weighted by Gasteiger charge is 2.22. The first-order chi connectivity index (χ1) is 30.7. The average molecular weight is 791 g/mol. The molecule has 3 aromatic heterocycles. The molecule has 13 aromatic rings. The van der Waals surface area contributed by atoms with Crippen LogP contribution in [0.4, 0.5) is 0 Å². The quantitative estimate of drug-likeness (QED) is 0.163. The first kappa shape index (κ1) is 34.5. The van der Waals surface area contributed by atoms with E-state index in [9.17, 15) is 0 Å². The second-order valence-electron chi connectivity index (χ2n) is 16.0. The number of rotatable bonds is 5. The Hall–Kier alpha value is -8.41. The standard InChI is InChI=1S/C57H34N4O/c1-2-15-35(16-3-1)36-20-14-21-40(29-36)55-58-56(60-57(59-55)49-31-39-19-6-7-22-42(39)43-23-8-9-24-44(43)49)41-32-48-46-26-11-13-28-53(46)62-54(48)52(34-41)61-50-27-12-10-25-45(50)47-30-37-17-4-5-18-38(37)33-51(47)61/h1-34H. The SMILES string of the molecule is c1ccc(-c2cccc(-c3nc(-c4cc(-n5c6ccccc6c6cc7ccccc7cc65)c5oc6ccccc6c5c4)nc(-c4cc5ccccc5c5ccccc45)n3)c2)cc1. The van der Waals surface area contributed by atoms with Gasteiger partial charge in [-0.1, -0.05) is 158 Å². The van der Waals surface area contributed by atoms with E-state index >= 15 is 0 Å². The van der Waals surface area contributed by atoms with Crippen LogP contribution in [0.15, 0.2) is 211 Å². The number of para-hydroxylation sites is 2. The average Bonchev–Trinajstić information content (AvgIpc) is 3.88. The first-order valence-corrected chi connectivity index (χ1v) is 20.9. The summed E-state index contributed by atoms with van der Waals surface area (Å²) < 4.78 is 9.20. The molecule has 0 aliphatic carbocycles. The summed E-state index contributed by atoms with van der Waals surface area (Å²) in [5.41, 5.74) is 9.68. The van der Waals surface area contributed by atoms with E-state index in [4.69, 9.17) is 19.4 Å². The van der Waals surface area contributed by atoms with E-state index in [1.54, 1.807) is 0 Å². The lowest BCUT2D eigenvalue weighted by Crippen LogP contribution is -2.02. The molecule has 5 nitrogen and oxygen atoms in total. The summed E-state index contributed by atoms with van der Waals surface area (Å²) in [7, 11) is 0. The lowest BCUT2D eigenvalue weighted by Gasteiger charge is -2.14. The van der Waals surface area contributed by atoms with Crippen molar-refractivity contribution in [3.8, 4) is 51.0 Å². The van der Waals surface area contributed by atoms with Gasteiger partial charge in [-0.15, -0.1) is 0 Å². The Kier molecular flexibility index (Phi) is 7.54. The number of hydrogen-bond donors (Lipinski definition) is 0. The van der Waals surface area contributed by atoms with Crippen molar-refractivity contribution in [1.82, 2.24) is 19.5 Å². The second-order valence-corrected chi connectivity index (χ2v) is 16.0. The third-order valence-electron chi connectivity index (χ3n) is 12.4. The van der Waals surface area contributed by atoms with Crippen LogP contribution in [0.3, 0.4) is 0 Å². The summed E-state index contributed by atoms with van der Waals surface area (Å²) in [6, 6.07) is 72.7. The Bertz CT molecular complexity index is 3940. The van der Waals surface area contributed by atoms with Crippen molar-refractivity contribution in [2.75, 3.05) is 0 Å². The molecule has 0 spiro atoms. The fourth-order valence-electron chi connectivity index (χ4n) is 9.48. The Morgan fingerprint density at radius 2 is 0.935 bits per heavy atom. The summed E-state index contributed by atoms with van der Waals surface area (Å²) in [6.45, 7) is 0. The molecule has 62 heavy (non-hydrogen) atoms. The number of fused-ring (bicyclic) bond motifs is 10. The van der Waals surface area contributed by atoms with Gasteiger partial charge in [-0.3, -0.25) is 0 Å². The molecule has 0 N–H and O–H groups in total. The first-order valence-electron chi connectivity index (χ1n) is 20.9. The maximum atomic E-state index is 6.84. The van der Waals surface area contributed by atoms with Gasteiger partial charge in [0.2, 0.25) is 0 Å². The Morgan fingerprint density at radius 3 is 1.77 bits per heavy atom. The van der Waals surface area contributed by atoms with Gasteiger partial charge in [0.25, 0.3) is 0 Å². The third kappa shape index (κ3) is 5.38. The van der Waals surface area contributed by atoms with Gasteiger partial charge in [0.15, 0.2) is 23.1 Å². The van der Waals surface area contributed by atoms with Gasteiger partial charge in [-0.2, -0.15) is 0 Å². The monoisotopic (exact) mass is 790 g/mol. The minimum atomic E-state index is 0.576. The lowest BCUT2D eigenvalue weighted by atomic mass is 9.96. The van der Waals surface area contributed by atoms with Crippen molar-refractivity contribution in [3.05, 3.63) is 206 Å². The second kappa shape index (κ2) is 13.6. The molecule has 0 aliphatic heterocycles. The van der Waals surface area contributed by atoms with Crippen LogP contribution < -0.4 is 0 Å². The molecule has 288 valence electrons. The fraction of sp³-hybridized carbons (Fsp3) is 0. The molecule has 5 heteroatoms. The summed E-state index contributed by atoms with van der Waals surface area (Å²) in [5, 5.41) is 11.3. The molecule has 0 saturated heterocycles. The lowest BCUT2D eigenvalue weighted by molar-refractivity contribution is 0.666. The van der Waals surface area contributed by atoms with Gasteiger partial charge in [0.1, 0.15) is 5.58 Å². The van der Waals surface area contributed by atoms with Crippen LogP contribution in [0.25, 0.3) is 127 Å². The minimum Gasteiger partial charge on any atom is -0.454 e. The van der Waals surface area contributed by atoms with Gasteiger partial charge < -0.3 is 8.98 Å². The molecular formula is C57H34N4O. The molecule has 10 aromatic carbocycles. The summed E-state index contributed by atoms with van der Waals surface area (Å²) in [4.78, 5) is 16.1. The molecule has 0 amide bonds.